The van der Waals surface area contributed by atoms with Crippen LogP contribution in [0.2, 0.25) is 0 Å². The van der Waals surface area contributed by atoms with E-state index in [1.807, 2.05) is 26.1 Å². The smallest absolute Gasteiger partial charge is 0.138 e. The van der Waals surface area contributed by atoms with Crippen LogP contribution in [0.15, 0.2) is 28.2 Å². The molecule has 0 atom stereocenters. The number of hydrogen-bond donors (Lipinski definition) is 2. The highest BCUT2D eigenvalue weighted by atomic mass is 32.1. The van der Waals surface area contributed by atoms with Crippen molar-refractivity contribution in [1.29, 1.82) is 0 Å². The van der Waals surface area contributed by atoms with Crippen molar-refractivity contribution in [1.82, 2.24) is 20.7 Å². The van der Waals surface area contributed by atoms with Gasteiger partial charge < -0.3 is 9.84 Å². The minimum Gasteiger partial charge on any atom is -0.361 e. The van der Waals surface area contributed by atoms with Crippen LogP contribution in [0.1, 0.15) is 22.6 Å². The predicted octanol–water partition coefficient (Wildman–Crippen LogP) is 3.03. The number of thiophene rings is 1. The third kappa shape index (κ3) is 2.52. The Balaban J connectivity index is 1.67. The fourth-order valence-corrected chi connectivity index (χ4v) is 2.91. The first-order valence-electron chi connectivity index (χ1n) is 6.44. The van der Waals surface area contributed by atoms with E-state index in [4.69, 9.17) is 4.52 Å². The maximum Gasteiger partial charge on any atom is 0.138 e. The number of H-pyrrole nitrogens is 1. The van der Waals surface area contributed by atoms with Crippen molar-refractivity contribution in [3.8, 4) is 10.6 Å². The molecular weight excluding hydrogens is 272 g/mol. The van der Waals surface area contributed by atoms with Crippen LogP contribution in [0, 0.1) is 13.8 Å². The first-order chi connectivity index (χ1) is 9.75. The molecule has 0 amide bonds. The molecule has 0 aliphatic rings. The van der Waals surface area contributed by atoms with Gasteiger partial charge in [0.1, 0.15) is 5.76 Å². The van der Waals surface area contributed by atoms with Crippen molar-refractivity contribution in [3.63, 3.8) is 0 Å². The topological polar surface area (TPSA) is 66.7 Å². The van der Waals surface area contributed by atoms with Gasteiger partial charge in [-0.1, -0.05) is 11.2 Å². The summed E-state index contributed by atoms with van der Waals surface area (Å²) in [5.74, 6) is 0.876. The zero-order chi connectivity index (χ0) is 13.9. The molecule has 0 fully saturated rings. The molecule has 0 aliphatic heterocycles. The molecule has 0 bridgehead atoms. The number of aromatic nitrogens is 3. The number of nitrogens with one attached hydrogen (secondary N) is 2. The average Bonchev–Trinajstić information content (AvgIpc) is 3.14. The van der Waals surface area contributed by atoms with Gasteiger partial charge in [-0.05, 0) is 25.3 Å². The number of nitrogens with zero attached hydrogens (tertiary/aromatic N) is 2. The van der Waals surface area contributed by atoms with E-state index in [9.17, 15) is 0 Å². The van der Waals surface area contributed by atoms with E-state index >= 15 is 0 Å². The molecule has 0 spiro atoms. The van der Waals surface area contributed by atoms with Crippen LogP contribution < -0.4 is 5.32 Å². The lowest BCUT2D eigenvalue weighted by Crippen LogP contribution is -2.13. The predicted molar refractivity (Wildman–Crippen MR) is 78.4 cm³/mol. The molecule has 3 aromatic heterocycles. The Bertz CT molecular complexity index is 664. The Hall–Kier alpha value is -1.92. The Labute approximate surface area is 121 Å². The molecule has 0 aliphatic carbocycles. The van der Waals surface area contributed by atoms with Gasteiger partial charge in [0, 0.05) is 24.2 Å². The van der Waals surface area contributed by atoms with Crippen molar-refractivity contribution >= 4 is 11.3 Å². The summed E-state index contributed by atoms with van der Waals surface area (Å²) in [4.78, 5) is 1.21. The fourth-order valence-electron chi connectivity index (χ4n) is 2.16. The van der Waals surface area contributed by atoms with Gasteiger partial charge in [-0.2, -0.15) is 5.10 Å². The van der Waals surface area contributed by atoms with E-state index in [2.05, 4.69) is 32.1 Å². The largest absolute Gasteiger partial charge is 0.361 e. The molecule has 5 nitrogen and oxygen atoms in total. The van der Waals surface area contributed by atoms with Gasteiger partial charge in [0.2, 0.25) is 0 Å². The highest BCUT2D eigenvalue weighted by molar-refractivity contribution is 7.13. The zero-order valence-corrected chi connectivity index (χ0v) is 12.3. The lowest BCUT2D eigenvalue weighted by atomic mass is 10.2. The van der Waals surface area contributed by atoms with Crippen molar-refractivity contribution < 1.29 is 4.52 Å². The minimum atomic E-state index is 0.746. The Morgan fingerprint density at radius 1 is 1.35 bits per heavy atom. The Morgan fingerprint density at radius 2 is 2.25 bits per heavy atom. The van der Waals surface area contributed by atoms with E-state index in [0.717, 1.165) is 35.8 Å². The number of aryl methyl sites for hydroxylation is 2. The van der Waals surface area contributed by atoms with Gasteiger partial charge in [-0.25, -0.2) is 0 Å². The SMILES string of the molecule is Cc1noc(C)c1CNCc1cn[nH]c1-c1cccs1. The maximum atomic E-state index is 5.16. The molecule has 0 saturated heterocycles. The van der Waals surface area contributed by atoms with E-state index in [1.54, 1.807) is 11.3 Å². The van der Waals surface area contributed by atoms with E-state index in [0.29, 0.717) is 0 Å². The van der Waals surface area contributed by atoms with Crippen molar-refractivity contribution in [2.45, 2.75) is 26.9 Å². The highest BCUT2D eigenvalue weighted by Gasteiger charge is 2.11. The number of rotatable bonds is 5. The van der Waals surface area contributed by atoms with Crippen LogP contribution in [0.25, 0.3) is 10.6 Å². The van der Waals surface area contributed by atoms with Crippen LogP contribution in [0.3, 0.4) is 0 Å². The molecule has 0 radical (unpaired) electrons. The van der Waals surface area contributed by atoms with Crippen LogP contribution in [-0.4, -0.2) is 15.4 Å². The highest BCUT2D eigenvalue weighted by Crippen LogP contribution is 2.25. The van der Waals surface area contributed by atoms with Crippen LogP contribution in [-0.2, 0) is 13.1 Å². The first-order valence-corrected chi connectivity index (χ1v) is 7.32. The lowest BCUT2D eigenvalue weighted by molar-refractivity contribution is 0.392. The van der Waals surface area contributed by atoms with Gasteiger partial charge in [0.05, 0.1) is 22.5 Å². The van der Waals surface area contributed by atoms with Crippen LogP contribution in [0.4, 0.5) is 0 Å². The second-order valence-electron chi connectivity index (χ2n) is 4.65. The first kappa shape index (κ1) is 13.1. The fraction of sp³-hybridized carbons (Fsp3) is 0.286. The second kappa shape index (κ2) is 5.60. The average molecular weight is 288 g/mol. The molecule has 3 rings (SSSR count). The molecular formula is C14H16N4OS. The third-order valence-electron chi connectivity index (χ3n) is 3.28. The maximum absolute atomic E-state index is 5.16. The van der Waals surface area contributed by atoms with E-state index < -0.39 is 0 Å². The van der Waals surface area contributed by atoms with Crippen LogP contribution >= 0.6 is 11.3 Å². The van der Waals surface area contributed by atoms with Crippen LogP contribution in [0.5, 0.6) is 0 Å². The summed E-state index contributed by atoms with van der Waals surface area (Å²) in [6, 6.07) is 4.14. The second-order valence-corrected chi connectivity index (χ2v) is 5.60. The Kier molecular flexibility index (Phi) is 3.66. The van der Waals surface area contributed by atoms with E-state index in [1.165, 1.54) is 10.4 Å². The summed E-state index contributed by atoms with van der Waals surface area (Å²) in [5, 5.41) is 16.6. The standard InChI is InChI=1S/C14H16N4OS/c1-9-12(10(2)19-18-9)8-15-6-11-7-16-17-14(11)13-4-3-5-20-13/h3-5,7,15H,6,8H2,1-2H3,(H,16,17). The lowest BCUT2D eigenvalue weighted by Gasteiger charge is -2.04. The minimum absolute atomic E-state index is 0.746. The summed E-state index contributed by atoms with van der Waals surface area (Å²) in [6.07, 6.45) is 1.87. The molecule has 3 heterocycles. The monoisotopic (exact) mass is 288 g/mol. The number of aromatic amines is 1. The Morgan fingerprint density at radius 3 is 2.95 bits per heavy atom. The molecule has 0 aromatic carbocycles. The van der Waals surface area contributed by atoms with Crippen molar-refractivity contribution in [2.75, 3.05) is 0 Å². The molecule has 3 aromatic rings. The van der Waals surface area contributed by atoms with Crippen molar-refractivity contribution in [3.05, 3.63) is 46.3 Å². The molecule has 104 valence electrons. The summed E-state index contributed by atoms with van der Waals surface area (Å²) < 4.78 is 5.16. The van der Waals surface area contributed by atoms with Gasteiger partial charge in [-0.3, -0.25) is 5.10 Å². The molecule has 20 heavy (non-hydrogen) atoms. The van der Waals surface area contributed by atoms with E-state index in [-0.39, 0.29) is 0 Å². The third-order valence-corrected chi connectivity index (χ3v) is 4.17. The van der Waals surface area contributed by atoms with Gasteiger partial charge in [0.25, 0.3) is 0 Å². The molecule has 0 unspecified atom stereocenters. The molecule has 6 heteroatoms. The van der Waals surface area contributed by atoms with Gasteiger partial charge in [0.15, 0.2) is 0 Å². The van der Waals surface area contributed by atoms with Gasteiger partial charge in [-0.15, -0.1) is 11.3 Å². The summed E-state index contributed by atoms with van der Waals surface area (Å²) >= 11 is 1.71. The zero-order valence-electron chi connectivity index (χ0n) is 11.4. The summed E-state index contributed by atoms with van der Waals surface area (Å²) in [5.41, 5.74) is 4.33. The molecule has 2 N–H and O–H groups in total. The summed E-state index contributed by atoms with van der Waals surface area (Å²) in [6.45, 7) is 5.40. The number of hydrogen-bond acceptors (Lipinski definition) is 5. The van der Waals surface area contributed by atoms with Crippen molar-refractivity contribution in [2.24, 2.45) is 0 Å². The normalized spacial score (nSPS) is 11.1. The molecule has 0 saturated carbocycles. The van der Waals surface area contributed by atoms with Gasteiger partial charge >= 0.3 is 0 Å². The quantitative estimate of drug-likeness (QED) is 0.757. The summed E-state index contributed by atoms with van der Waals surface area (Å²) in [7, 11) is 0.